The number of hydrogen-bond donors (Lipinski definition) is 1. The van der Waals surface area contributed by atoms with Gasteiger partial charge in [0.05, 0.1) is 17.8 Å². The number of benzene rings is 1. The highest BCUT2D eigenvalue weighted by atomic mass is 79.9. The van der Waals surface area contributed by atoms with Crippen LogP contribution in [0, 0.1) is 0 Å². The molecule has 72 valence electrons. The fourth-order valence-electron chi connectivity index (χ4n) is 1.17. The van der Waals surface area contributed by atoms with E-state index in [4.69, 9.17) is 4.74 Å². The largest absolute Gasteiger partial charge is 0.496 e. The van der Waals surface area contributed by atoms with E-state index in [1.165, 1.54) is 0 Å². The normalized spacial score (nSPS) is 10.1. The average molecular weight is 254 g/mol. The van der Waals surface area contributed by atoms with Crippen molar-refractivity contribution in [3.63, 3.8) is 0 Å². The molecule has 0 spiro atoms. The van der Waals surface area contributed by atoms with Crippen LogP contribution in [-0.4, -0.2) is 22.5 Å². The van der Waals surface area contributed by atoms with E-state index in [0.29, 0.717) is 0 Å². The first-order valence-electron chi connectivity index (χ1n) is 4.01. The van der Waals surface area contributed by atoms with Crippen molar-refractivity contribution in [3.8, 4) is 17.0 Å². The molecular weight excluding hydrogens is 246 g/mol. The molecule has 2 rings (SSSR count). The molecule has 0 bridgehead atoms. The van der Waals surface area contributed by atoms with Gasteiger partial charge in [-0.3, -0.25) is 0 Å². The second kappa shape index (κ2) is 3.79. The van der Waals surface area contributed by atoms with Crippen LogP contribution in [0.5, 0.6) is 5.75 Å². The molecule has 1 N–H and O–H groups in total. The molecule has 5 heteroatoms. The lowest BCUT2D eigenvalue weighted by atomic mass is 10.2. The predicted octanol–water partition coefficient (Wildman–Crippen LogP) is 2.24. The molecule has 1 aromatic carbocycles. The Hall–Kier alpha value is -1.36. The molecule has 0 aliphatic heterocycles. The number of halogens is 1. The second-order valence-electron chi connectivity index (χ2n) is 2.70. The van der Waals surface area contributed by atoms with Gasteiger partial charge in [-0.1, -0.05) is 0 Å². The van der Waals surface area contributed by atoms with Crippen molar-refractivity contribution in [1.82, 2.24) is 15.4 Å². The highest BCUT2D eigenvalue weighted by molar-refractivity contribution is 9.10. The molecule has 0 atom stereocenters. The van der Waals surface area contributed by atoms with Gasteiger partial charge in [0, 0.05) is 5.56 Å². The SMILES string of the molecule is COc1ccc(-c2cn[nH]n2)cc1Br. The number of H-pyrrole nitrogens is 1. The summed E-state index contributed by atoms with van der Waals surface area (Å²) in [7, 11) is 1.63. The number of nitrogens with zero attached hydrogens (tertiary/aromatic N) is 2. The molecule has 0 aliphatic rings. The summed E-state index contributed by atoms with van der Waals surface area (Å²) in [5.74, 6) is 0.803. The zero-order valence-corrected chi connectivity index (χ0v) is 9.08. The third-order valence-corrected chi connectivity index (χ3v) is 2.48. The van der Waals surface area contributed by atoms with Gasteiger partial charge in [0.25, 0.3) is 0 Å². The number of rotatable bonds is 2. The van der Waals surface area contributed by atoms with Crippen LogP contribution in [0.3, 0.4) is 0 Å². The first kappa shape index (κ1) is 9.21. The Morgan fingerprint density at radius 1 is 1.43 bits per heavy atom. The molecule has 14 heavy (non-hydrogen) atoms. The van der Waals surface area contributed by atoms with E-state index < -0.39 is 0 Å². The number of aromatic nitrogens is 3. The van der Waals surface area contributed by atoms with Crippen molar-refractivity contribution < 1.29 is 4.74 Å². The first-order valence-corrected chi connectivity index (χ1v) is 4.80. The Labute approximate surface area is 89.4 Å². The van der Waals surface area contributed by atoms with E-state index in [0.717, 1.165) is 21.5 Å². The Bertz CT molecular complexity index is 428. The van der Waals surface area contributed by atoms with Gasteiger partial charge in [-0.2, -0.15) is 15.4 Å². The molecule has 0 unspecified atom stereocenters. The highest BCUT2D eigenvalue weighted by Gasteiger charge is 2.04. The minimum atomic E-state index is 0.803. The number of hydrogen-bond acceptors (Lipinski definition) is 3. The summed E-state index contributed by atoms with van der Waals surface area (Å²) >= 11 is 3.41. The molecule has 1 aromatic heterocycles. The summed E-state index contributed by atoms with van der Waals surface area (Å²) < 4.78 is 6.03. The average Bonchev–Trinajstić information content (AvgIpc) is 2.70. The third kappa shape index (κ3) is 1.63. The Morgan fingerprint density at radius 2 is 2.29 bits per heavy atom. The Balaban J connectivity index is 2.43. The zero-order valence-electron chi connectivity index (χ0n) is 7.49. The molecule has 0 saturated carbocycles. The molecule has 0 amide bonds. The van der Waals surface area contributed by atoms with Crippen LogP contribution < -0.4 is 4.74 Å². The molecule has 0 aliphatic carbocycles. The van der Waals surface area contributed by atoms with Crippen LogP contribution in [0.2, 0.25) is 0 Å². The Morgan fingerprint density at radius 3 is 2.86 bits per heavy atom. The van der Waals surface area contributed by atoms with Crippen LogP contribution in [0.15, 0.2) is 28.9 Å². The third-order valence-electron chi connectivity index (χ3n) is 1.86. The van der Waals surface area contributed by atoms with Crippen LogP contribution in [0.25, 0.3) is 11.3 Å². The van der Waals surface area contributed by atoms with Gasteiger partial charge in [-0.05, 0) is 34.1 Å². The molecule has 1 heterocycles. The van der Waals surface area contributed by atoms with Crippen molar-refractivity contribution in [2.75, 3.05) is 7.11 Å². The molecule has 2 aromatic rings. The predicted molar refractivity (Wildman–Crippen MR) is 56.1 cm³/mol. The van der Waals surface area contributed by atoms with Gasteiger partial charge in [0.15, 0.2) is 0 Å². The maximum atomic E-state index is 5.13. The fourth-order valence-corrected chi connectivity index (χ4v) is 1.71. The molecule has 0 fully saturated rings. The standard InChI is InChI=1S/C9H8BrN3O/c1-14-9-3-2-6(4-7(9)10)8-5-11-13-12-8/h2-5H,1H3,(H,11,12,13). The summed E-state index contributed by atoms with van der Waals surface area (Å²) in [6.07, 6.45) is 1.67. The summed E-state index contributed by atoms with van der Waals surface area (Å²) in [4.78, 5) is 0. The summed E-state index contributed by atoms with van der Waals surface area (Å²) in [5, 5.41) is 10.3. The smallest absolute Gasteiger partial charge is 0.133 e. The zero-order chi connectivity index (χ0) is 9.97. The van der Waals surface area contributed by atoms with Gasteiger partial charge >= 0.3 is 0 Å². The van der Waals surface area contributed by atoms with E-state index in [9.17, 15) is 0 Å². The lowest BCUT2D eigenvalue weighted by Gasteiger charge is -2.03. The summed E-state index contributed by atoms with van der Waals surface area (Å²) in [6.45, 7) is 0. The van der Waals surface area contributed by atoms with Crippen LogP contribution in [0.4, 0.5) is 0 Å². The monoisotopic (exact) mass is 253 g/mol. The number of ether oxygens (including phenoxy) is 1. The first-order chi connectivity index (χ1) is 6.81. The van der Waals surface area contributed by atoms with Crippen molar-refractivity contribution in [2.45, 2.75) is 0 Å². The van der Waals surface area contributed by atoms with E-state index in [1.54, 1.807) is 13.3 Å². The van der Waals surface area contributed by atoms with Crippen LogP contribution >= 0.6 is 15.9 Å². The van der Waals surface area contributed by atoms with Crippen molar-refractivity contribution in [1.29, 1.82) is 0 Å². The van der Waals surface area contributed by atoms with E-state index in [2.05, 4.69) is 31.3 Å². The topological polar surface area (TPSA) is 50.8 Å². The quantitative estimate of drug-likeness (QED) is 0.894. The van der Waals surface area contributed by atoms with Gasteiger partial charge in [0.1, 0.15) is 11.4 Å². The summed E-state index contributed by atoms with van der Waals surface area (Å²) in [6, 6.07) is 5.76. The van der Waals surface area contributed by atoms with Crippen molar-refractivity contribution in [2.24, 2.45) is 0 Å². The van der Waals surface area contributed by atoms with Crippen LogP contribution in [-0.2, 0) is 0 Å². The fraction of sp³-hybridized carbons (Fsp3) is 0.111. The van der Waals surface area contributed by atoms with Gasteiger partial charge in [-0.15, -0.1) is 0 Å². The molecule has 0 radical (unpaired) electrons. The number of nitrogens with one attached hydrogen (secondary N) is 1. The second-order valence-corrected chi connectivity index (χ2v) is 3.56. The van der Waals surface area contributed by atoms with Crippen molar-refractivity contribution >= 4 is 15.9 Å². The Kier molecular flexibility index (Phi) is 2.49. The lowest BCUT2D eigenvalue weighted by molar-refractivity contribution is 0.412. The van der Waals surface area contributed by atoms with E-state index >= 15 is 0 Å². The highest BCUT2D eigenvalue weighted by Crippen LogP contribution is 2.29. The minimum absolute atomic E-state index is 0.803. The molecule has 0 saturated heterocycles. The summed E-state index contributed by atoms with van der Waals surface area (Å²) in [5.41, 5.74) is 1.81. The maximum absolute atomic E-state index is 5.13. The molecular formula is C9H8BrN3O. The van der Waals surface area contributed by atoms with Gasteiger partial charge in [-0.25, -0.2) is 0 Å². The van der Waals surface area contributed by atoms with Gasteiger partial charge in [0.2, 0.25) is 0 Å². The van der Waals surface area contributed by atoms with E-state index in [-0.39, 0.29) is 0 Å². The van der Waals surface area contributed by atoms with Crippen LogP contribution in [0.1, 0.15) is 0 Å². The van der Waals surface area contributed by atoms with E-state index in [1.807, 2.05) is 18.2 Å². The number of methoxy groups -OCH3 is 1. The van der Waals surface area contributed by atoms with Gasteiger partial charge < -0.3 is 4.74 Å². The number of aromatic amines is 1. The molecule has 4 nitrogen and oxygen atoms in total. The van der Waals surface area contributed by atoms with Crippen molar-refractivity contribution in [3.05, 3.63) is 28.9 Å². The maximum Gasteiger partial charge on any atom is 0.133 e. The lowest BCUT2D eigenvalue weighted by Crippen LogP contribution is -1.85. The minimum Gasteiger partial charge on any atom is -0.496 e.